The zero-order chi connectivity index (χ0) is 8.43. The number of aromatic nitrogens is 2. The van der Waals surface area contributed by atoms with E-state index in [1.807, 2.05) is 6.92 Å². The minimum atomic E-state index is 0.208. The van der Waals surface area contributed by atoms with E-state index in [2.05, 4.69) is 35.8 Å². The Bertz CT molecular complexity index is 208. The Hall–Kier alpha value is -0.0900. The molecule has 2 nitrogen and oxygen atoms in total. The Morgan fingerprint density at radius 2 is 2.00 bits per heavy atom. The number of hydrogen-bond acceptors (Lipinski definition) is 4. The summed E-state index contributed by atoms with van der Waals surface area (Å²) in [5, 5.41) is 1.22. The summed E-state index contributed by atoms with van der Waals surface area (Å²) < 4.78 is 4.22. The zero-order valence-electron chi connectivity index (χ0n) is 6.90. The minimum absolute atomic E-state index is 0.208. The first-order valence-electron chi connectivity index (χ1n) is 3.63. The first-order chi connectivity index (χ1) is 5.11. The van der Waals surface area contributed by atoms with Gasteiger partial charge < -0.3 is 0 Å². The molecule has 0 bridgehead atoms. The van der Waals surface area contributed by atoms with Gasteiger partial charge in [0.25, 0.3) is 0 Å². The first kappa shape index (κ1) is 9.00. The highest BCUT2D eigenvalue weighted by Gasteiger charge is 2.09. The van der Waals surface area contributed by atoms with E-state index in [9.17, 15) is 0 Å². The van der Waals surface area contributed by atoms with Crippen LogP contribution >= 0.6 is 24.2 Å². The molecule has 0 saturated carbocycles. The van der Waals surface area contributed by atoms with Crippen LogP contribution in [-0.2, 0) is 0 Å². The molecule has 0 aliphatic carbocycles. The molecule has 62 valence electrons. The Kier molecular flexibility index (Phi) is 2.90. The molecule has 0 amide bonds. The van der Waals surface area contributed by atoms with Gasteiger partial charge in [-0.3, -0.25) is 0 Å². The minimum Gasteiger partial charge on any atom is -0.223 e. The van der Waals surface area contributed by atoms with Crippen LogP contribution < -0.4 is 0 Å². The molecule has 11 heavy (non-hydrogen) atoms. The van der Waals surface area contributed by atoms with Gasteiger partial charge in [0.05, 0.1) is 5.25 Å². The maximum absolute atomic E-state index is 4.34. The van der Waals surface area contributed by atoms with Crippen LogP contribution in [0.1, 0.15) is 42.8 Å². The van der Waals surface area contributed by atoms with E-state index < -0.39 is 0 Å². The van der Waals surface area contributed by atoms with E-state index in [0.29, 0.717) is 5.92 Å². The van der Waals surface area contributed by atoms with Crippen LogP contribution in [0.3, 0.4) is 0 Å². The smallest absolute Gasteiger partial charge is 0.145 e. The third-order valence-electron chi connectivity index (χ3n) is 1.33. The summed E-state index contributed by atoms with van der Waals surface area (Å²) in [7, 11) is 0. The van der Waals surface area contributed by atoms with Crippen molar-refractivity contribution in [3.05, 3.63) is 10.8 Å². The summed E-state index contributed by atoms with van der Waals surface area (Å²) in [6, 6.07) is 0. The lowest BCUT2D eigenvalue weighted by Crippen LogP contribution is -1.90. The molecular formula is C7H12N2S2. The third-order valence-corrected chi connectivity index (χ3v) is 2.66. The van der Waals surface area contributed by atoms with Crippen LogP contribution in [0.15, 0.2) is 0 Å². The van der Waals surface area contributed by atoms with Crippen molar-refractivity contribution in [1.29, 1.82) is 0 Å². The van der Waals surface area contributed by atoms with Gasteiger partial charge in [-0.2, -0.15) is 17.0 Å². The van der Waals surface area contributed by atoms with Gasteiger partial charge in [-0.1, -0.05) is 13.8 Å². The number of nitrogens with zero attached hydrogens (tertiary/aromatic N) is 2. The molecule has 0 radical (unpaired) electrons. The van der Waals surface area contributed by atoms with Gasteiger partial charge >= 0.3 is 0 Å². The second-order valence-corrected chi connectivity index (χ2v) is 4.38. The van der Waals surface area contributed by atoms with Crippen molar-refractivity contribution in [3.8, 4) is 0 Å². The second-order valence-electron chi connectivity index (χ2n) is 2.82. The summed E-state index contributed by atoms with van der Waals surface area (Å²) in [4.78, 5) is 4.34. The van der Waals surface area contributed by atoms with Gasteiger partial charge in [-0.25, -0.2) is 4.98 Å². The number of hydrogen-bond donors (Lipinski definition) is 1. The molecule has 1 atom stereocenters. The van der Waals surface area contributed by atoms with E-state index in [0.717, 1.165) is 10.8 Å². The lowest BCUT2D eigenvalue weighted by atomic mass is 10.2. The van der Waals surface area contributed by atoms with Crippen LogP contribution in [-0.4, -0.2) is 9.36 Å². The predicted molar refractivity (Wildman–Crippen MR) is 51.4 cm³/mol. The van der Waals surface area contributed by atoms with Crippen molar-refractivity contribution in [2.45, 2.75) is 31.9 Å². The standard InChI is InChI=1S/C7H12N2S2/c1-4(2)6-8-7(5(3)10)11-9-6/h4-5,10H,1-3H3. The van der Waals surface area contributed by atoms with E-state index in [1.54, 1.807) is 0 Å². The van der Waals surface area contributed by atoms with Crippen molar-refractivity contribution in [1.82, 2.24) is 9.36 Å². The molecule has 0 saturated heterocycles. The highest BCUT2D eigenvalue weighted by atomic mass is 32.1. The van der Waals surface area contributed by atoms with Crippen LogP contribution in [0, 0.1) is 0 Å². The lowest BCUT2D eigenvalue weighted by molar-refractivity contribution is 0.790. The highest BCUT2D eigenvalue weighted by molar-refractivity contribution is 7.80. The quantitative estimate of drug-likeness (QED) is 0.722. The molecule has 0 aliphatic heterocycles. The molecule has 0 fully saturated rings. The zero-order valence-corrected chi connectivity index (χ0v) is 8.62. The molecule has 4 heteroatoms. The van der Waals surface area contributed by atoms with Crippen molar-refractivity contribution in [3.63, 3.8) is 0 Å². The summed E-state index contributed by atoms with van der Waals surface area (Å²) in [6.45, 7) is 6.19. The van der Waals surface area contributed by atoms with E-state index in [4.69, 9.17) is 0 Å². The van der Waals surface area contributed by atoms with E-state index in [1.165, 1.54) is 11.5 Å². The lowest BCUT2D eigenvalue weighted by Gasteiger charge is -1.96. The summed E-state index contributed by atoms with van der Waals surface area (Å²) in [6.07, 6.45) is 0. The van der Waals surface area contributed by atoms with Gasteiger partial charge in [0.2, 0.25) is 0 Å². The fraction of sp³-hybridized carbons (Fsp3) is 0.714. The summed E-state index contributed by atoms with van der Waals surface area (Å²) >= 11 is 5.73. The monoisotopic (exact) mass is 188 g/mol. The van der Waals surface area contributed by atoms with Crippen molar-refractivity contribution >= 4 is 24.2 Å². The maximum Gasteiger partial charge on any atom is 0.145 e. The summed E-state index contributed by atoms with van der Waals surface area (Å²) in [5.41, 5.74) is 0. The summed E-state index contributed by atoms with van der Waals surface area (Å²) in [5.74, 6) is 1.36. The third kappa shape index (κ3) is 2.17. The van der Waals surface area contributed by atoms with Gasteiger partial charge in [0.15, 0.2) is 0 Å². The second kappa shape index (κ2) is 3.54. The molecule has 1 aromatic rings. The molecule has 0 aromatic carbocycles. The molecule has 0 N–H and O–H groups in total. The maximum atomic E-state index is 4.34. The Labute approximate surface area is 76.6 Å². The van der Waals surface area contributed by atoms with Crippen molar-refractivity contribution < 1.29 is 0 Å². The molecule has 0 spiro atoms. The van der Waals surface area contributed by atoms with Gasteiger partial charge in [-0.05, 0) is 18.5 Å². The Morgan fingerprint density at radius 3 is 2.27 bits per heavy atom. The first-order valence-corrected chi connectivity index (χ1v) is 4.91. The molecule has 0 aliphatic rings. The molecule has 1 heterocycles. The Balaban J connectivity index is 2.82. The molecule has 1 rings (SSSR count). The molecule has 1 aromatic heterocycles. The largest absolute Gasteiger partial charge is 0.223 e. The van der Waals surface area contributed by atoms with Crippen molar-refractivity contribution in [2.75, 3.05) is 0 Å². The fourth-order valence-electron chi connectivity index (χ4n) is 0.651. The van der Waals surface area contributed by atoms with E-state index in [-0.39, 0.29) is 5.25 Å². The van der Waals surface area contributed by atoms with E-state index >= 15 is 0 Å². The van der Waals surface area contributed by atoms with Gasteiger partial charge in [0.1, 0.15) is 10.8 Å². The topological polar surface area (TPSA) is 25.8 Å². The van der Waals surface area contributed by atoms with Crippen LogP contribution in [0.25, 0.3) is 0 Å². The van der Waals surface area contributed by atoms with Crippen LogP contribution in [0.4, 0.5) is 0 Å². The number of thiol groups is 1. The highest BCUT2D eigenvalue weighted by Crippen LogP contribution is 2.22. The van der Waals surface area contributed by atoms with Gasteiger partial charge in [0, 0.05) is 5.92 Å². The van der Waals surface area contributed by atoms with Crippen LogP contribution in [0.2, 0.25) is 0 Å². The normalized spacial score (nSPS) is 13.9. The SMILES string of the molecule is CC(C)c1nsc(C(C)S)n1. The van der Waals surface area contributed by atoms with Crippen LogP contribution in [0.5, 0.6) is 0 Å². The fourth-order valence-corrected chi connectivity index (χ4v) is 1.58. The molecular weight excluding hydrogens is 176 g/mol. The average Bonchev–Trinajstić information content (AvgIpc) is 2.33. The average molecular weight is 188 g/mol. The molecule has 1 unspecified atom stereocenters. The van der Waals surface area contributed by atoms with Gasteiger partial charge in [-0.15, -0.1) is 0 Å². The predicted octanol–water partition coefficient (Wildman–Crippen LogP) is 2.65. The Morgan fingerprint density at radius 1 is 1.36 bits per heavy atom. The van der Waals surface area contributed by atoms with Crippen molar-refractivity contribution in [2.24, 2.45) is 0 Å². The number of rotatable bonds is 2.